The Hall–Kier alpha value is -2.33. The normalized spacial score (nSPS) is 26.0. The van der Waals surface area contributed by atoms with Gasteiger partial charge in [-0.15, -0.1) is 0 Å². The van der Waals surface area contributed by atoms with Gasteiger partial charge in [-0.1, -0.05) is 42.5 Å². The van der Waals surface area contributed by atoms with Gasteiger partial charge < -0.3 is 10.2 Å². The highest BCUT2D eigenvalue weighted by molar-refractivity contribution is 5.86. The lowest BCUT2D eigenvalue weighted by Gasteiger charge is -2.35. The maximum Gasteiger partial charge on any atom is 0.0972 e. The molecule has 1 aliphatic carbocycles. The van der Waals surface area contributed by atoms with Crippen LogP contribution in [0, 0.1) is 0 Å². The van der Waals surface area contributed by atoms with E-state index >= 15 is 0 Å². The molecule has 2 aromatic rings. The minimum absolute atomic E-state index is 0.586. The number of benzene rings is 2. The van der Waals surface area contributed by atoms with Crippen molar-refractivity contribution >= 4 is 11.5 Å². The van der Waals surface area contributed by atoms with E-state index in [2.05, 4.69) is 69.7 Å². The molecule has 2 aliphatic heterocycles. The van der Waals surface area contributed by atoms with Crippen molar-refractivity contribution in [2.75, 3.05) is 44.2 Å². The molecule has 2 atom stereocenters. The van der Waals surface area contributed by atoms with Crippen molar-refractivity contribution in [3.05, 3.63) is 65.7 Å². The van der Waals surface area contributed by atoms with E-state index in [1.165, 1.54) is 24.4 Å². The smallest absolute Gasteiger partial charge is 0.0972 e. The van der Waals surface area contributed by atoms with Crippen LogP contribution in [-0.4, -0.2) is 56.0 Å². The van der Waals surface area contributed by atoms with E-state index in [1.807, 2.05) is 0 Å². The Balaban J connectivity index is 1.12. The summed E-state index contributed by atoms with van der Waals surface area (Å²) < 4.78 is 0. The number of piperazine rings is 1. The van der Waals surface area contributed by atoms with Crippen molar-refractivity contribution in [3.63, 3.8) is 0 Å². The number of fused-ring (bicyclic) bond motifs is 3. The molecule has 4 nitrogen and oxygen atoms in total. The van der Waals surface area contributed by atoms with Crippen LogP contribution in [0.1, 0.15) is 29.9 Å². The van der Waals surface area contributed by atoms with Crippen molar-refractivity contribution in [2.45, 2.75) is 31.2 Å². The van der Waals surface area contributed by atoms with Crippen LogP contribution in [0.25, 0.3) is 0 Å². The van der Waals surface area contributed by atoms with Crippen LogP contribution in [0.2, 0.25) is 0 Å². The Morgan fingerprint density at radius 1 is 0.929 bits per heavy atom. The first-order valence-electron chi connectivity index (χ1n) is 10.8. The van der Waals surface area contributed by atoms with Gasteiger partial charge in [0.15, 0.2) is 0 Å². The predicted molar refractivity (Wildman–Crippen MR) is 116 cm³/mol. The molecular formula is C24H30N4. The molecule has 0 saturated carbocycles. The Morgan fingerprint density at radius 3 is 2.57 bits per heavy atom. The third-order valence-electron chi connectivity index (χ3n) is 6.64. The standard InChI is InChI=1S/C24H30N4/c1-2-7-20(8-3-1)28-16-14-27(15-17-28)13-12-25-24-18-22-21-9-5-4-6-19(21)10-11-23(22)26-24/h1-9,22-23H,10-18H2,(H,25,26). The third kappa shape index (κ3) is 3.66. The van der Waals surface area contributed by atoms with Crippen LogP contribution in [-0.2, 0) is 6.42 Å². The summed E-state index contributed by atoms with van der Waals surface area (Å²) in [4.78, 5) is 9.99. The Morgan fingerprint density at radius 2 is 1.71 bits per heavy atom. The highest BCUT2D eigenvalue weighted by atomic mass is 15.3. The summed E-state index contributed by atoms with van der Waals surface area (Å²) in [6.45, 7) is 6.46. The maximum atomic E-state index is 4.94. The minimum Gasteiger partial charge on any atom is -0.370 e. The van der Waals surface area contributed by atoms with Crippen molar-refractivity contribution in [1.82, 2.24) is 10.2 Å². The number of aryl methyl sites for hydroxylation is 1. The number of nitrogens with zero attached hydrogens (tertiary/aromatic N) is 3. The Kier molecular flexibility index (Phi) is 5.05. The van der Waals surface area contributed by atoms with Crippen molar-refractivity contribution in [3.8, 4) is 0 Å². The predicted octanol–water partition coefficient (Wildman–Crippen LogP) is 3.30. The lowest BCUT2D eigenvalue weighted by Crippen LogP contribution is -2.47. The van der Waals surface area contributed by atoms with Gasteiger partial charge in [0.2, 0.25) is 0 Å². The summed E-state index contributed by atoms with van der Waals surface area (Å²) in [5.41, 5.74) is 4.44. The van der Waals surface area contributed by atoms with Crippen molar-refractivity contribution in [2.24, 2.45) is 4.99 Å². The Labute approximate surface area is 168 Å². The largest absolute Gasteiger partial charge is 0.370 e. The first-order chi connectivity index (χ1) is 13.9. The molecule has 2 aromatic carbocycles. The van der Waals surface area contributed by atoms with E-state index in [9.17, 15) is 0 Å². The van der Waals surface area contributed by atoms with Gasteiger partial charge in [0.1, 0.15) is 0 Å². The van der Waals surface area contributed by atoms with Gasteiger partial charge in [-0.3, -0.25) is 9.89 Å². The Bertz CT molecular complexity index is 824. The molecule has 146 valence electrons. The zero-order valence-corrected chi connectivity index (χ0v) is 16.6. The van der Waals surface area contributed by atoms with Crippen LogP contribution in [0.5, 0.6) is 0 Å². The molecule has 0 radical (unpaired) electrons. The second-order valence-electron chi connectivity index (χ2n) is 8.29. The molecule has 0 aromatic heterocycles. The highest BCUT2D eigenvalue weighted by Gasteiger charge is 2.35. The monoisotopic (exact) mass is 374 g/mol. The van der Waals surface area contributed by atoms with Crippen LogP contribution < -0.4 is 10.2 Å². The lowest BCUT2D eigenvalue weighted by atomic mass is 9.80. The maximum absolute atomic E-state index is 4.94. The summed E-state index contributed by atoms with van der Waals surface area (Å²) in [7, 11) is 0. The zero-order chi connectivity index (χ0) is 18.8. The van der Waals surface area contributed by atoms with E-state index in [4.69, 9.17) is 4.99 Å². The minimum atomic E-state index is 0.586. The molecule has 2 heterocycles. The lowest BCUT2D eigenvalue weighted by molar-refractivity contribution is 0.265. The van der Waals surface area contributed by atoms with E-state index in [0.29, 0.717) is 12.0 Å². The van der Waals surface area contributed by atoms with Crippen LogP contribution in [0.3, 0.4) is 0 Å². The molecule has 0 amide bonds. The van der Waals surface area contributed by atoms with Crippen molar-refractivity contribution < 1.29 is 0 Å². The van der Waals surface area contributed by atoms with Gasteiger partial charge in [0.05, 0.1) is 12.4 Å². The first kappa shape index (κ1) is 17.7. The molecule has 2 unspecified atom stereocenters. The second-order valence-corrected chi connectivity index (χ2v) is 8.29. The summed E-state index contributed by atoms with van der Waals surface area (Å²) in [6.07, 6.45) is 3.52. The van der Waals surface area contributed by atoms with E-state index in [1.54, 1.807) is 11.1 Å². The molecule has 28 heavy (non-hydrogen) atoms. The summed E-state index contributed by atoms with van der Waals surface area (Å²) in [5, 5.41) is 3.72. The summed E-state index contributed by atoms with van der Waals surface area (Å²) in [5.74, 6) is 1.85. The molecule has 4 heteroatoms. The molecule has 3 aliphatic rings. The van der Waals surface area contributed by atoms with Crippen molar-refractivity contribution in [1.29, 1.82) is 0 Å². The van der Waals surface area contributed by atoms with Crippen LogP contribution >= 0.6 is 0 Å². The highest BCUT2D eigenvalue weighted by Crippen LogP contribution is 2.37. The number of para-hydroxylation sites is 1. The number of aliphatic imine (C=N–C) groups is 1. The van der Waals surface area contributed by atoms with Crippen LogP contribution in [0.15, 0.2) is 59.6 Å². The average Bonchev–Trinajstić information content (AvgIpc) is 3.18. The van der Waals surface area contributed by atoms with Gasteiger partial charge in [-0.2, -0.15) is 0 Å². The third-order valence-corrected chi connectivity index (χ3v) is 6.64. The van der Waals surface area contributed by atoms with E-state index in [-0.39, 0.29) is 0 Å². The summed E-state index contributed by atoms with van der Waals surface area (Å²) >= 11 is 0. The number of anilines is 1. The van der Waals surface area contributed by atoms with Crippen LogP contribution in [0.4, 0.5) is 5.69 Å². The van der Waals surface area contributed by atoms with Gasteiger partial charge in [-0.25, -0.2) is 0 Å². The van der Waals surface area contributed by atoms with Gasteiger partial charge in [-0.05, 0) is 36.1 Å². The SMILES string of the molecule is c1ccc(N2CCN(CCN=C3CC4c5ccccc5CCC4N3)CC2)cc1. The fourth-order valence-corrected chi connectivity index (χ4v) is 5.06. The molecule has 0 bridgehead atoms. The van der Waals surface area contributed by atoms with Gasteiger partial charge in [0, 0.05) is 56.8 Å². The molecule has 1 N–H and O–H groups in total. The quantitative estimate of drug-likeness (QED) is 0.891. The van der Waals surface area contributed by atoms with Gasteiger partial charge in [0.25, 0.3) is 0 Å². The molecular weight excluding hydrogens is 344 g/mol. The average molecular weight is 375 g/mol. The molecule has 2 fully saturated rings. The first-order valence-corrected chi connectivity index (χ1v) is 10.8. The molecule has 2 saturated heterocycles. The molecule has 0 spiro atoms. The number of amidine groups is 1. The van der Waals surface area contributed by atoms with E-state index in [0.717, 1.165) is 45.7 Å². The number of rotatable bonds is 4. The zero-order valence-electron chi connectivity index (χ0n) is 16.6. The number of nitrogens with one attached hydrogen (secondary N) is 1. The topological polar surface area (TPSA) is 30.9 Å². The number of hydrogen-bond donors (Lipinski definition) is 1. The second kappa shape index (κ2) is 7.96. The fourth-order valence-electron chi connectivity index (χ4n) is 5.06. The number of hydrogen-bond acceptors (Lipinski definition) is 3. The summed E-state index contributed by atoms with van der Waals surface area (Å²) in [6, 6.07) is 20.3. The van der Waals surface area contributed by atoms with Gasteiger partial charge >= 0.3 is 0 Å². The molecule has 5 rings (SSSR count). The fraction of sp³-hybridized carbons (Fsp3) is 0.458. The van der Waals surface area contributed by atoms with E-state index < -0.39 is 0 Å².